The van der Waals surface area contributed by atoms with E-state index in [0.717, 1.165) is 28.0 Å². The Balaban J connectivity index is 2.05. The minimum Gasteiger partial charge on any atom is -0.465 e. The topological polar surface area (TPSA) is 55.0 Å². The van der Waals surface area contributed by atoms with E-state index in [1.165, 1.54) is 7.11 Å². The summed E-state index contributed by atoms with van der Waals surface area (Å²) in [5.74, 6) is -0.484. The number of esters is 1. The fourth-order valence-electron chi connectivity index (χ4n) is 2.80. The van der Waals surface area contributed by atoms with Crippen LogP contribution in [0.4, 0.5) is 0 Å². The first kappa shape index (κ1) is 16.8. The average molecular weight is 363 g/mol. The number of benzene rings is 1. The number of carbonyl (C=O) groups is 1. The fourth-order valence-corrected chi connectivity index (χ4v) is 3.38. The smallest absolute Gasteiger partial charge is 0.339 e. The number of carbonyl (C=O) groups excluding carboxylic acids is 1. The summed E-state index contributed by atoms with van der Waals surface area (Å²) in [6, 6.07) is 7.30. The van der Waals surface area contributed by atoms with Gasteiger partial charge in [-0.25, -0.2) is 9.78 Å². The largest absolute Gasteiger partial charge is 0.465 e. The molecular weight excluding hydrogens is 347 g/mol. The van der Waals surface area contributed by atoms with Crippen LogP contribution in [0.25, 0.3) is 11.0 Å². The van der Waals surface area contributed by atoms with Crippen molar-refractivity contribution in [3.05, 3.63) is 62.4 Å². The van der Waals surface area contributed by atoms with E-state index >= 15 is 0 Å². The Bertz CT molecular complexity index is 948. The van der Waals surface area contributed by atoms with Crippen molar-refractivity contribution in [3.8, 4) is 0 Å². The number of fused-ring (bicyclic) bond motifs is 1. The van der Waals surface area contributed by atoms with Crippen molar-refractivity contribution in [2.24, 2.45) is 0 Å². The van der Waals surface area contributed by atoms with Gasteiger partial charge in [-0.05, 0) is 49.2 Å². The Morgan fingerprint density at radius 1 is 1.25 bits per heavy atom. The van der Waals surface area contributed by atoms with Gasteiger partial charge in [0.15, 0.2) is 0 Å². The number of nitrogens with zero attached hydrogens (tertiary/aromatic N) is 1. The van der Waals surface area contributed by atoms with E-state index in [2.05, 4.69) is 9.97 Å². The number of aromatic amines is 1. The first-order chi connectivity index (χ1) is 11.4. The molecule has 0 aliphatic rings. The predicted molar refractivity (Wildman–Crippen MR) is 96.2 cm³/mol. The highest BCUT2D eigenvalue weighted by Gasteiger charge is 2.18. The lowest BCUT2D eigenvalue weighted by Crippen LogP contribution is -2.04. The van der Waals surface area contributed by atoms with Crippen LogP contribution in [-0.2, 0) is 11.2 Å². The van der Waals surface area contributed by atoms with E-state index in [1.807, 2.05) is 26.0 Å². The molecule has 6 heteroatoms. The molecule has 0 aliphatic carbocycles. The van der Waals surface area contributed by atoms with Crippen LogP contribution in [0.2, 0.25) is 10.0 Å². The molecule has 3 aromatic rings. The van der Waals surface area contributed by atoms with Crippen molar-refractivity contribution in [2.45, 2.75) is 20.3 Å². The summed E-state index contributed by atoms with van der Waals surface area (Å²) in [4.78, 5) is 19.6. The maximum atomic E-state index is 11.8. The van der Waals surface area contributed by atoms with E-state index in [-0.39, 0.29) is 0 Å². The molecule has 0 saturated carbocycles. The predicted octanol–water partition coefficient (Wildman–Crippen LogP) is 4.86. The zero-order chi connectivity index (χ0) is 17.4. The third-order valence-electron chi connectivity index (χ3n) is 3.95. The molecule has 2 aromatic heterocycles. The van der Waals surface area contributed by atoms with Gasteiger partial charge >= 0.3 is 5.97 Å². The maximum absolute atomic E-state index is 11.8. The number of hydrogen-bond acceptors (Lipinski definition) is 3. The summed E-state index contributed by atoms with van der Waals surface area (Å²) in [6.07, 6.45) is 0.470. The minimum absolute atomic E-state index is 0.305. The van der Waals surface area contributed by atoms with Gasteiger partial charge in [0, 0.05) is 28.2 Å². The molecule has 124 valence electrons. The van der Waals surface area contributed by atoms with Crippen LogP contribution in [0.5, 0.6) is 0 Å². The molecule has 0 spiro atoms. The normalized spacial score (nSPS) is 11.0. The highest BCUT2D eigenvalue weighted by molar-refractivity contribution is 6.38. The lowest BCUT2D eigenvalue weighted by atomic mass is 10.1. The van der Waals surface area contributed by atoms with Gasteiger partial charge in [-0.15, -0.1) is 0 Å². The molecule has 0 radical (unpaired) electrons. The molecule has 2 heterocycles. The number of methoxy groups -OCH3 is 1. The first-order valence-electron chi connectivity index (χ1n) is 7.41. The van der Waals surface area contributed by atoms with Gasteiger partial charge in [0.05, 0.1) is 17.7 Å². The second kappa shape index (κ2) is 6.46. The van der Waals surface area contributed by atoms with E-state index in [9.17, 15) is 4.79 Å². The molecule has 24 heavy (non-hydrogen) atoms. The maximum Gasteiger partial charge on any atom is 0.339 e. The summed E-state index contributed by atoms with van der Waals surface area (Å²) >= 11 is 12.7. The third kappa shape index (κ3) is 2.99. The lowest BCUT2D eigenvalue weighted by molar-refractivity contribution is 0.0601. The highest BCUT2D eigenvalue weighted by atomic mass is 35.5. The van der Waals surface area contributed by atoms with Gasteiger partial charge in [0.1, 0.15) is 5.65 Å². The van der Waals surface area contributed by atoms with E-state index in [0.29, 0.717) is 27.6 Å². The number of aryl methyl sites for hydroxylation is 2. The molecule has 1 N–H and O–H groups in total. The quantitative estimate of drug-likeness (QED) is 0.676. The number of nitrogens with one attached hydrogen (secondary N) is 1. The Labute approximate surface area is 149 Å². The monoisotopic (exact) mass is 362 g/mol. The summed E-state index contributed by atoms with van der Waals surface area (Å²) in [5.41, 5.74) is 4.86. The number of pyridine rings is 1. The van der Waals surface area contributed by atoms with Crippen molar-refractivity contribution >= 4 is 40.2 Å². The third-order valence-corrected chi connectivity index (χ3v) is 4.74. The van der Waals surface area contributed by atoms with E-state index < -0.39 is 5.97 Å². The molecule has 0 atom stereocenters. The Kier molecular flexibility index (Phi) is 4.52. The number of H-pyrrole nitrogens is 1. The van der Waals surface area contributed by atoms with Crippen molar-refractivity contribution < 1.29 is 9.53 Å². The lowest BCUT2D eigenvalue weighted by Gasteiger charge is -2.09. The number of halogens is 2. The molecule has 1 aromatic carbocycles. The Hall–Kier alpha value is -2.04. The second-order valence-electron chi connectivity index (χ2n) is 5.69. The summed E-state index contributed by atoms with van der Waals surface area (Å²) in [6.45, 7) is 4.01. The van der Waals surface area contributed by atoms with E-state index in [1.54, 1.807) is 12.1 Å². The van der Waals surface area contributed by atoms with Crippen LogP contribution in [0.1, 0.15) is 32.9 Å². The summed E-state index contributed by atoms with van der Waals surface area (Å²) in [5, 5.41) is 1.88. The standard InChI is InChI=1S/C18H16Cl2N2O2/c1-9-6-10(2)21-17-13(9)7-11(22-17)8-14-15(19)5-4-12(16(14)20)18(23)24-3/h4-7H,8H2,1-3H3,(H,21,22). The minimum atomic E-state index is -0.484. The summed E-state index contributed by atoms with van der Waals surface area (Å²) < 4.78 is 4.75. The van der Waals surface area contributed by atoms with Crippen LogP contribution >= 0.6 is 23.2 Å². The second-order valence-corrected chi connectivity index (χ2v) is 6.48. The van der Waals surface area contributed by atoms with Crippen LogP contribution in [-0.4, -0.2) is 23.0 Å². The fraction of sp³-hybridized carbons (Fsp3) is 0.222. The van der Waals surface area contributed by atoms with E-state index in [4.69, 9.17) is 27.9 Å². The molecule has 0 amide bonds. The molecule has 0 unspecified atom stereocenters. The zero-order valence-electron chi connectivity index (χ0n) is 13.5. The van der Waals surface area contributed by atoms with Crippen LogP contribution in [0.3, 0.4) is 0 Å². The van der Waals surface area contributed by atoms with Crippen LogP contribution in [0, 0.1) is 13.8 Å². The van der Waals surface area contributed by atoms with Crippen LogP contribution < -0.4 is 0 Å². The molecule has 0 fully saturated rings. The Morgan fingerprint density at radius 3 is 2.71 bits per heavy atom. The van der Waals surface area contributed by atoms with Crippen molar-refractivity contribution in [1.82, 2.24) is 9.97 Å². The molecular formula is C18H16Cl2N2O2. The molecule has 0 saturated heterocycles. The average Bonchev–Trinajstić information content (AvgIpc) is 2.93. The SMILES string of the molecule is COC(=O)c1ccc(Cl)c(Cc2cc3c(C)cc(C)nc3[nH]2)c1Cl. The van der Waals surface area contributed by atoms with Crippen molar-refractivity contribution in [1.29, 1.82) is 0 Å². The molecule has 0 aliphatic heterocycles. The number of ether oxygens (including phenoxy) is 1. The first-order valence-corrected chi connectivity index (χ1v) is 8.17. The number of hydrogen-bond donors (Lipinski definition) is 1. The summed E-state index contributed by atoms with van der Waals surface area (Å²) in [7, 11) is 1.32. The molecule has 4 nitrogen and oxygen atoms in total. The molecule has 0 bridgehead atoms. The Morgan fingerprint density at radius 2 is 2.00 bits per heavy atom. The van der Waals surface area contributed by atoms with Gasteiger partial charge in [-0.1, -0.05) is 23.2 Å². The van der Waals surface area contributed by atoms with Gasteiger partial charge in [0.2, 0.25) is 0 Å². The van der Waals surface area contributed by atoms with Gasteiger partial charge in [-0.3, -0.25) is 0 Å². The van der Waals surface area contributed by atoms with Crippen molar-refractivity contribution in [3.63, 3.8) is 0 Å². The van der Waals surface area contributed by atoms with Gasteiger partial charge in [-0.2, -0.15) is 0 Å². The zero-order valence-corrected chi connectivity index (χ0v) is 15.0. The van der Waals surface area contributed by atoms with Crippen molar-refractivity contribution in [2.75, 3.05) is 7.11 Å². The molecule has 3 rings (SSSR count). The van der Waals surface area contributed by atoms with Gasteiger partial charge < -0.3 is 9.72 Å². The van der Waals surface area contributed by atoms with Crippen LogP contribution in [0.15, 0.2) is 24.3 Å². The van der Waals surface area contributed by atoms with Gasteiger partial charge in [0.25, 0.3) is 0 Å². The highest BCUT2D eigenvalue weighted by Crippen LogP contribution is 2.31. The number of aromatic nitrogens is 2. The number of rotatable bonds is 3.